The van der Waals surface area contributed by atoms with E-state index in [1.165, 1.54) is 6.20 Å². The van der Waals surface area contributed by atoms with Gasteiger partial charge < -0.3 is 10.2 Å². The van der Waals surface area contributed by atoms with Crippen molar-refractivity contribution in [2.45, 2.75) is 24.9 Å². The van der Waals surface area contributed by atoms with Crippen LogP contribution in [0.3, 0.4) is 0 Å². The lowest BCUT2D eigenvalue weighted by Crippen LogP contribution is -2.65. The minimum absolute atomic E-state index is 0.0375. The second-order valence-corrected chi connectivity index (χ2v) is 6.82. The molecule has 1 N–H and O–H groups in total. The van der Waals surface area contributed by atoms with Gasteiger partial charge in [0.25, 0.3) is 5.91 Å². The second-order valence-electron chi connectivity index (χ2n) is 6.82. The first-order chi connectivity index (χ1) is 12.0. The monoisotopic (exact) mass is 343 g/mol. The Morgan fingerprint density at radius 2 is 2.12 bits per heavy atom. The first-order valence-electron chi connectivity index (χ1n) is 8.48. The van der Waals surface area contributed by atoms with Crippen LogP contribution in [-0.2, 0) is 11.8 Å². The highest BCUT2D eigenvalue weighted by atomic mass is 16.2. The van der Waals surface area contributed by atoms with Gasteiger partial charge in [-0.15, -0.1) is 5.10 Å². The zero-order valence-electron chi connectivity index (χ0n) is 14.3. The van der Waals surface area contributed by atoms with Crippen LogP contribution >= 0.6 is 0 Å². The zero-order valence-corrected chi connectivity index (χ0v) is 14.3. The third-order valence-corrected chi connectivity index (χ3v) is 5.02. The van der Waals surface area contributed by atoms with Crippen molar-refractivity contribution >= 4 is 23.0 Å². The highest BCUT2D eigenvalue weighted by Gasteiger charge is 2.39. The predicted molar refractivity (Wildman–Crippen MR) is 89.8 cm³/mol. The van der Waals surface area contributed by atoms with E-state index in [0.29, 0.717) is 29.8 Å². The van der Waals surface area contributed by atoms with Gasteiger partial charge in [-0.3, -0.25) is 14.5 Å². The largest absolute Gasteiger partial charge is 0.347 e. The number of piperidine rings is 1. The molecule has 4 heterocycles. The molecule has 2 aromatic heterocycles. The lowest BCUT2D eigenvalue weighted by Gasteiger charge is -2.46. The van der Waals surface area contributed by atoms with E-state index < -0.39 is 0 Å². The van der Waals surface area contributed by atoms with Gasteiger partial charge in [0, 0.05) is 39.9 Å². The van der Waals surface area contributed by atoms with Gasteiger partial charge in [-0.1, -0.05) is 5.21 Å². The number of carbonyl (C=O) groups excluding carboxylic acids is 2. The van der Waals surface area contributed by atoms with E-state index in [4.69, 9.17) is 0 Å². The van der Waals surface area contributed by atoms with Crippen molar-refractivity contribution in [3.05, 3.63) is 17.8 Å². The third-order valence-electron chi connectivity index (χ3n) is 5.02. The van der Waals surface area contributed by atoms with E-state index in [0.717, 1.165) is 19.4 Å². The molecule has 2 aromatic rings. The van der Waals surface area contributed by atoms with Gasteiger partial charge in [0.05, 0.1) is 17.6 Å². The first kappa shape index (κ1) is 15.9. The molecular formula is C16H21N7O2. The first-order valence-corrected chi connectivity index (χ1v) is 8.48. The molecule has 25 heavy (non-hydrogen) atoms. The summed E-state index contributed by atoms with van der Waals surface area (Å²) in [5.74, 6) is 0.0186. The standard InChI is InChI=1S/C16H21N7O2/c1-21-5-3-4-13(16(21)25)23-8-11(9-23)18-15(24)10-6-12-14(17-7-10)22(2)20-19-12/h6-7,11,13H,3-5,8-9H2,1-2H3,(H,18,24). The van der Waals surface area contributed by atoms with Crippen molar-refractivity contribution in [1.82, 2.24) is 35.1 Å². The molecule has 0 bridgehead atoms. The van der Waals surface area contributed by atoms with Crippen LogP contribution in [0, 0.1) is 0 Å². The summed E-state index contributed by atoms with van der Waals surface area (Å²) in [7, 11) is 3.61. The zero-order chi connectivity index (χ0) is 17.6. The lowest BCUT2D eigenvalue weighted by atomic mass is 9.97. The normalized spacial score (nSPS) is 22.2. The third kappa shape index (κ3) is 2.84. The summed E-state index contributed by atoms with van der Waals surface area (Å²) in [6.45, 7) is 2.24. The van der Waals surface area contributed by atoms with Gasteiger partial charge >= 0.3 is 0 Å². The molecule has 9 heteroatoms. The molecule has 2 amide bonds. The molecule has 1 atom stereocenters. The Morgan fingerprint density at radius 3 is 2.92 bits per heavy atom. The van der Waals surface area contributed by atoms with E-state index in [1.54, 1.807) is 22.7 Å². The molecule has 0 saturated carbocycles. The number of nitrogens with one attached hydrogen (secondary N) is 1. The van der Waals surface area contributed by atoms with E-state index in [1.807, 2.05) is 7.05 Å². The summed E-state index contributed by atoms with van der Waals surface area (Å²) in [5, 5.41) is 10.9. The fourth-order valence-corrected chi connectivity index (χ4v) is 3.53. The van der Waals surface area contributed by atoms with Crippen LogP contribution < -0.4 is 5.32 Å². The van der Waals surface area contributed by atoms with Gasteiger partial charge in [-0.2, -0.15) is 0 Å². The Bertz CT molecular complexity index is 827. The number of hydrogen-bond donors (Lipinski definition) is 1. The number of nitrogens with zero attached hydrogens (tertiary/aromatic N) is 6. The van der Waals surface area contributed by atoms with Crippen LogP contribution in [0.15, 0.2) is 12.3 Å². The minimum Gasteiger partial charge on any atom is -0.347 e. The molecule has 0 radical (unpaired) electrons. The fourth-order valence-electron chi connectivity index (χ4n) is 3.53. The number of aromatic nitrogens is 4. The Kier molecular flexibility index (Phi) is 3.87. The maximum atomic E-state index is 12.4. The molecule has 2 fully saturated rings. The van der Waals surface area contributed by atoms with Gasteiger partial charge in [0.1, 0.15) is 5.52 Å². The fraction of sp³-hybridized carbons (Fsp3) is 0.562. The van der Waals surface area contributed by atoms with Crippen LogP contribution in [0.2, 0.25) is 0 Å². The molecule has 4 rings (SSSR count). The molecule has 0 aliphatic carbocycles. The highest BCUT2D eigenvalue weighted by Crippen LogP contribution is 2.21. The summed E-state index contributed by atoms with van der Waals surface area (Å²) < 4.78 is 1.57. The van der Waals surface area contributed by atoms with Crippen LogP contribution in [-0.4, -0.2) is 80.4 Å². The van der Waals surface area contributed by atoms with Crippen LogP contribution in [0.25, 0.3) is 11.2 Å². The Balaban J connectivity index is 1.35. The molecule has 2 saturated heterocycles. The minimum atomic E-state index is -0.170. The number of carbonyl (C=O) groups is 2. The SMILES string of the molecule is CN1CCCC(N2CC(NC(=O)c3cnc4c(c3)nnn4C)C2)C1=O. The van der Waals surface area contributed by atoms with E-state index in [9.17, 15) is 9.59 Å². The quantitative estimate of drug-likeness (QED) is 0.799. The molecule has 1 unspecified atom stereocenters. The van der Waals surface area contributed by atoms with Crippen molar-refractivity contribution < 1.29 is 9.59 Å². The topological polar surface area (TPSA) is 96.2 Å². The highest BCUT2D eigenvalue weighted by molar-refractivity contribution is 5.96. The number of amides is 2. The Labute approximate surface area is 145 Å². The molecule has 9 nitrogen and oxygen atoms in total. The van der Waals surface area contributed by atoms with Crippen LogP contribution in [0.4, 0.5) is 0 Å². The average Bonchev–Trinajstić information content (AvgIpc) is 2.94. The lowest BCUT2D eigenvalue weighted by molar-refractivity contribution is -0.141. The smallest absolute Gasteiger partial charge is 0.253 e. The average molecular weight is 343 g/mol. The van der Waals surface area contributed by atoms with Gasteiger partial charge in [0.15, 0.2) is 5.65 Å². The number of likely N-dealkylation sites (N-methyl/N-ethyl adjacent to an activating group) is 1. The number of hydrogen-bond acceptors (Lipinski definition) is 6. The van der Waals surface area contributed by atoms with Crippen molar-refractivity contribution in [2.75, 3.05) is 26.7 Å². The summed E-state index contributed by atoms with van der Waals surface area (Å²) in [4.78, 5) is 32.8. The Hall–Kier alpha value is -2.55. The molecule has 132 valence electrons. The summed E-state index contributed by atoms with van der Waals surface area (Å²) in [6, 6.07) is 1.72. The maximum Gasteiger partial charge on any atom is 0.253 e. The maximum absolute atomic E-state index is 12.4. The summed E-state index contributed by atoms with van der Waals surface area (Å²) in [6.07, 6.45) is 3.47. The van der Waals surface area contributed by atoms with E-state index >= 15 is 0 Å². The molecular weight excluding hydrogens is 322 g/mol. The second kappa shape index (κ2) is 6.07. The van der Waals surface area contributed by atoms with Crippen molar-refractivity contribution in [3.8, 4) is 0 Å². The molecule has 0 aromatic carbocycles. The van der Waals surface area contributed by atoms with Gasteiger partial charge in [0.2, 0.25) is 5.91 Å². The van der Waals surface area contributed by atoms with Crippen molar-refractivity contribution in [3.63, 3.8) is 0 Å². The number of rotatable bonds is 3. The molecule has 0 spiro atoms. The van der Waals surface area contributed by atoms with E-state index in [2.05, 4.69) is 25.5 Å². The summed E-state index contributed by atoms with van der Waals surface area (Å²) >= 11 is 0. The van der Waals surface area contributed by atoms with Crippen LogP contribution in [0.5, 0.6) is 0 Å². The van der Waals surface area contributed by atoms with Crippen molar-refractivity contribution in [2.24, 2.45) is 7.05 Å². The number of aryl methyl sites for hydroxylation is 1. The van der Waals surface area contributed by atoms with Gasteiger partial charge in [-0.25, -0.2) is 9.67 Å². The van der Waals surface area contributed by atoms with E-state index in [-0.39, 0.29) is 23.9 Å². The molecule has 2 aliphatic heterocycles. The summed E-state index contributed by atoms with van der Waals surface area (Å²) in [5.41, 5.74) is 1.72. The number of fused-ring (bicyclic) bond motifs is 1. The molecule has 2 aliphatic rings. The number of likely N-dealkylation sites (tertiary alicyclic amines) is 2. The van der Waals surface area contributed by atoms with Crippen LogP contribution in [0.1, 0.15) is 23.2 Å². The number of pyridine rings is 1. The van der Waals surface area contributed by atoms with Gasteiger partial charge in [-0.05, 0) is 18.9 Å². The van der Waals surface area contributed by atoms with Crippen molar-refractivity contribution in [1.29, 1.82) is 0 Å². The Morgan fingerprint density at radius 1 is 1.32 bits per heavy atom. The predicted octanol–water partition coefficient (Wildman–Crippen LogP) is -0.602.